The minimum absolute atomic E-state index is 0.0416. The predicted molar refractivity (Wildman–Crippen MR) is 86.4 cm³/mol. The minimum atomic E-state index is -1.02. The van der Waals surface area contributed by atoms with Crippen LogP contribution in [0.2, 0.25) is 0 Å². The summed E-state index contributed by atoms with van der Waals surface area (Å²) in [5, 5.41) is 12.0. The molecule has 0 radical (unpaired) electrons. The molecule has 0 spiro atoms. The van der Waals surface area contributed by atoms with Crippen LogP contribution in [0.15, 0.2) is 18.2 Å². The second kappa shape index (κ2) is 5.85. The number of ether oxygens (including phenoxy) is 2. The van der Waals surface area contributed by atoms with E-state index in [1.807, 2.05) is 0 Å². The van der Waals surface area contributed by atoms with E-state index in [-0.39, 0.29) is 30.5 Å². The van der Waals surface area contributed by atoms with Gasteiger partial charge < -0.3 is 14.6 Å². The number of fused-ring (bicyclic) bond motifs is 2. The van der Waals surface area contributed by atoms with Gasteiger partial charge in [-0.1, -0.05) is 11.3 Å². The highest BCUT2D eigenvalue weighted by atomic mass is 32.1. The molecule has 0 saturated carbocycles. The number of rotatable bonds is 3. The first-order valence-electron chi connectivity index (χ1n) is 7.48. The van der Waals surface area contributed by atoms with Crippen molar-refractivity contribution in [1.82, 2.24) is 4.98 Å². The molecule has 25 heavy (non-hydrogen) atoms. The Morgan fingerprint density at radius 2 is 2.04 bits per heavy atom. The maximum atomic E-state index is 12.4. The summed E-state index contributed by atoms with van der Waals surface area (Å²) in [6.45, 7) is 0.118. The number of amides is 1. The molecule has 0 saturated heterocycles. The van der Waals surface area contributed by atoms with E-state index >= 15 is 0 Å². The van der Waals surface area contributed by atoms with E-state index in [0.717, 1.165) is 11.3 Å². The molecule has 0 unspecified atom stereocenters. The lowest BCUT2D eigenvalue weighted by Crippen LogP contribution is -2.25. The Hall–Kier alpha value is -2.94. The third-order valence-corrected chi connectivity index (χ3v) is 5.08. The van der Waals surface area contributed by atoms with Gasteiger partial charge >= 0.3 is 5.97 Å². The number of Topliss-reactive ketones (excluding diaryl/α,β-unsaturated/α-hetero) is 1. The number of carboxylic acids is 1. The van der Waals surface area contributed by atoms with E-state index in [4.69, 9.17) is 14.6 Å². The molecular weight excluding hydrogens is 348 g/mol. The molecule has 8 nitrogen and oxygen atoms in total. The third kappa shape index (κ3) is 2.82. The fourth-order valence-electron chi connectivity index (χ4n) is 2.77. The summed E-state index contributed by atoms with van der Waals surface area (Å²) in [4.78, 5) is 40.2. The lowest BCUT2D eigenvalue weighted by Gasteiger charge is -2.15. The van der Waals surface area contributed by atoms with Crippen LogP contribution in [0.1, 0.15) is 32.1 Å². The number of carbonyl (C=O) groups excluding carboxylic acids is 2. The minimum Gasteiger partial charge on any atom is -0.481 e. The molecule has 128 valence electrons. The number of hydrogen-bond acceptors (Lipinski definition) is 7. The van der Waals surface area contributed by atoms with E-state index < -0.39 is 17.8 Å². The van der Waals surface area contributed by atoms with Gasteiger partial charge in [0.15, 0.2) is 22.4 Å². The molecule has 1 aromatic heterocycles. The van der Waals surface area contributed by atoms with Gasteiger partial charge in [0.25, 0.3) is 5.91 Å². The predicted octanol–water partition coefficient (Wildman–Crippen LogP) is 1.95. The highest BCUT2D eigenvalue weighted by Gasteiger charge is 2.33. The summed E-state index contributed by atoms with van der Waals surface area (Å²) < 4.78 is 10.4. The lowest BCUT2D eigenvalue weighted by atomic mass is 9.90. The van der Waals surface area contributed by atoms with Crippen LogP contribution in [0, 0.1) is 5.92 Å². The van der Waals surface area contributed by atoms with Gasteiger partial charge in [0.1, 0.15) is 0 Å². The van der Waals surface area contributed by atoms with Crippen LogP contribution < -0.4 is 14.8 Å². The highest BCUT2D eigenvalue weighted by molar-refractivity contribution is 7.17. The number of anilines is 1. The molecule has 1 atom stereocenters. The van der Waals surface area contributed by atoms with Crippen LogP contribution in [0.3, 0.4) is 0 Å². The summed E-state index contributed by atoms with van der Waals surface area (Å²) >= 11 is 1.06. The average Bonchev–Trinajstić information content (AvgIpc) is 3.20. The van der Waals surface area contributed by atoms with Crippen LogP contribution in [0.4, 0.5) is 5.13 Å². The molecule has 4 rings (SSSR count). The number of nitrogens with zero attached hydrogens (tertiary/aromatic N) is 1. The Labute approximate surface area is 145 Å². The Morgan fingerprint density at radius 1 is 1.24 bits per heavy atom. The lowest BCUT2D eigenvalue weighted by molar-refractivity contribution is -0.141. The van der Waals surface area contributed by atoms with Crippen molar-refractivity contribution in [1.29, 1.82) is 0 Å². The van der Waals surface area contributed by atoms with Gasteiger partial charge in [-0.2, -0.15) is 0 Å². The van der Waals surface area contributed by atoms with Crippen LogP contribution in [0.25, 0.3) is 0 Å². The van der Waals surface area contributed by atoms with Crippen molar-refractivity contribution in [3.63, 3.8) is 0 Å². The van der Waals surface area contributed by atoms with Crippen LogP contribution in [-0.4, -0.2) is 34.5 Å². The van der Waals surface area contributed by atoms with Gasteiger partial charge in [0.2, 0.25) is 6.79 Å². The van der Waals surface area contributed by atoms with Gasteiger partial charge in [-0.3, -0.25) is 19.7 Å². The highest BCUT2D eigenvalue weighted by Crippen LogP contribution is 2.34. The van der Waals surface area contributed by atoms with E-state index in [0.29, 0.717) is 27.6 Å². The average molecular weight is 360 g/mol. The standard InChI is InChI=1S/C16H12N2O6S/c19-10-4-8(15(21)22)3-9-13(10)25-16(17-9)18-14(20)7-1-2-11-12(5-7)24-6-23-11/h1-2,5,8H,3-4,6H2,(H,21,22)(H,17,18,20)/t8-/m0/s1. The van der Waals surface area contributed by atoms with Crippen molar-refractivity contribution in [2.75, 3.05) is 12.1 Å². The molecule has 1 aliphatic carbocycles. The molecular formula is C16H12N2O6S. The van der Waals surface area contributed by atoms with Gasteiger partial charge in [-0.15, -0.1) is 0 Å². The number of hydrogen-bond donors (Lipinski definition) is 2. The summed E-state index contributed by atoms with van der Waals surface area (Å²) in [6.07, 6.45) is 0.146. The first-order valence-corrected chi connectivity index (χ1v) is 8.29. The topological polar surface area (TPSA) is 115 Å². The third-order valence-electron chi connectivity index (χ3n) is 4.03. The summed E-state index contributed by atoms with van der Waals surface area (Å²) in [6, 6.07) is 4.81. The van der Waals surface area contributed by atoms with E-state index in [1.54, 1.807) is 18.2 Å². The Bertz CT molecular complexity index is 906. The summed E-state index contributed by atoms with van der Waals surface area (Å²) in [7, 11) is 0. The second-order valence-electron chi connectivity index (χ2n) is 5.68. The molecule has 9 heteroatoms. The SMILES string of the molecule is O=C(Nc1nc2c(s1)C(=O)C[C@@H](C(=O)O)C2)c1ccc2c(c1)OCO2. The van der Waals surface area contributed by atoms with Gasteiger partial charge in [-0.25, -0.2) is 4.98 Å². The van der Waals surface area contributed by atoms with Crippen LogP contribution in [0.5, 0.6) is 11.5 Å². The molecule has 1 aliphatic heterocycles. The molecule has 2 aliphatic rings. The van der Waals surface area contributed by atoms with Gasteiger partial charge in [0, 0.05) is 18.4 Å². The van der Waals surface area contributed by atoms with Gasteiger partial charge in [-0.05, 0) is 18.2 Å². The zero-order chi connectivity index (χ0) is 17.6. The number of aliphatic carboxylic acids is 1. The van der Waals surface area contributed by atoms with Crippen LogP contribution >= 0.6 is 11.3 Å². The van der Waals surface area contributed by atoms with Gasteiger partial charge in [0.05, 0.1) is 16.5 Å². The van der Waals surface area contributed by atoms with Crippen molar-refractivity contribution < 1.29 is 29.0 Å². The number of benzene rings is 1. The number of carbonyl (C=O) groups is 3. The zero-order valence-corrected chi connectivity index (χ0v) is 13.6. The van der Waals surface area contributed by atoms with E-state index in [1.165, 1.54) is 0 Å². The van der Waals surface area contributed by atoms with Crippen molar-refractivity contribution >= 4 is 34.1 Å². The largest absolute Gasteiger partial charge is 0.481 e. The first-order chi connectivity index (χ1) is 12.0. The zero-order valence-electron chi connectivity index (χ0n) is 12.8. The monoisotopic (exact) mass is 360 g/mol. The summed E-state index contributed by atoms with van der Waals surface area (Å²) in [5.74, 6) is -1.36. The van der Waals surface area contributed by atoms with Crippen molar-refractivity contribution in [3.05, 3.63) is 34.3 Å². The number of thiazole rings is 1. The molecule has 1 amide bonds. The Morgan fingerprint density at radius 3 is 2.84 bits per heavy atom. The number of aromatic nitrogens is 1. The molecule has 1 aromatic carbocycles. The Kier molecular flexibility index (Phi) is 3.65. The maximum absolute atomic E-state index is 12.4. The normalized spacial score (nSPS) is 17.9. The molecule has 0 bridgehead atoms. The fraction of sp³-hybridized carbons (Fsp3) is 0.250. The maximum Gasteiger partial charge on any atom is 0.307 e. The fourth-order valence-corrected chi connectivity index (χ4v) is 3.70. The molecule has 2 N–H and O–H groups in total. The van der Waals surface area contributed by atoms with Crippen molar-refractivity contribution in [2.24, 2.45) is 5.92 Å². The molecule has 0 fully saturated rings. The number of carboxylic acid groups (broad SMARTS) is 1. The van der Waals surface area contributed by atoms with E-state index in [2.05, 4.69) is 10.3 Å². The Balaban J connectivity index is 1.54. The van der Waals surface area contributed by atoms with Crippen LogP contribution in [-0.2, 0) is 11.2 Å². The smallest absolute Gasteiger partial charge is 0.307 e. The molecule has 2 heterocycles. The van der Waals surface area contributed by atoms with Crippen molar-refractivity contribution in [3.8, 4) is 11.5 Å². The first kappa shape index (κ1) is 15.6. The second-order valence-corrected chi connectivity index (χ2v) is 6.68. The van der Waals surface area contributed by atoms with Crippen molar-refractivity contribution in [2.45, 2.75) is 12.8 Å². The quantitative estimate of drug-likeness (QED) is 0.859. The number of nitrogens with one attached hydrogen (secondary N) is 1. The van der Waals surface area contributed by atoms with E-state index in [9.17, 15) is 14.4 Å². The number of ketones is 1. The molecule has 2 aromatic rings. The summed E-state index contributed by atoms with van der Waals surface area (Å²) in [5.41, 5.74) is 0.793.